The van der Waals surface area contributed by atoms with Crippen molar-refractivity contribution in [1.29, 1.82) is 0 Å². The first-order chi connectivity index (χ1) is 13.9. The molecule has 0 fully saturated rings. The Morgan fingerprint density at radius 2 is 1.69 bits per heavy atom. The van der Waals surface area contributed by atoms with Crippen LogP contribution in [0.4, 0.5) is 11.4 Å². The molecule has 0 radical (unpaired) electrons. The number of hydrogen-bond donors (Lipinski definition) is 1. The fourth-order valence-corrected chi connectivity index (χ4v) is 2.73. The number of benzene rings is 3. The molecule has 3 aromatic carbocycles. The number of nitrogens with one attached hydrogen (secondary N) is 1. The number of hydrogen-bond acceptors (Lipinski definition) is 5. The van der Waals surface area contributed by atoms with Gasteiger partial charge in [-0.2, -0.15) is 0 Å². The summed E-state index contributed by atoms with van der Waals surface area (Å²) in [6, 6.07) is 18.6. The van der Waals surface area contributed by atoms with E-state index in [0.717, 1.165) is 0 Å². The molecule has 0 aliphatic heterocycles. The van der Waals surface area contributed by atoms with Crippen LogP contribution in [0.1, 0.15) is 15.9 Å². The summed E-state index contributed by atoms with van der Waals surface area (Å²) in [7, 11) is 0. The van der Waals surface area contributed by atoms with Gasteiger partial charge in [-0.05, 0) is 30.3 Å². The van der Waals surface area contributed by atoms with Crippen molar-refractivity contribution in [3.63, 3.8) is 0 Å². The van der Waals surface area contributed by atoms with Crippen molar-refractivity contribution in [1.82, 2.24) is 0 Å². The SMILES string of the molecule is O=C(COc1ccc(Cl)cc1C(=O)c1ccccc1)Nc1ccc([N+](=O)[O-])cc1. The van der Waals surface area contributed by atoms with E-state index < -0.39 is 10.8 Å². The van der Waals surface area contributed by atoms with Gasteiger partial charge >= 0.3 is 0 Å². The van der Waals surface area contributed by atoms with Crippen LogP contribution in [0.3, 0.4) is 0 Å². The highest BCUT2D eigenvalue weighted by molar-refractivity contribution is 6.31. The fourth-order valence-electron chi connectivity index (χ4n) is 2.56. The Hall–Kier alpha value is -3.71. The molecule has 0 heterocycles. The molecule has 0 atom stereocenters. The number of amides is 1. The Labute approximate surface area is 171 Å². The van der Waals surface area contributed by atoms with E-state index in [1.807, 2.05) is 0 Å². The molecule has 3 rings (SSSR count). The summed E-state index contributed by atoms with van der Waals surface area (Å²) in [4.78, 5) is 35.0. The number of nitrogens with zero attached hydrogens (tertiary/aromatic N) is 1. The lowest BCUT2D eigenvalue weighted by Crippen LogP contribution is -2.21. The molecule has 0 aliphatic carbocycles. The molecule has 0 saturated heterocycles. The number of ketones is 1. The number of nitro groups is 1. The number of carbonyl (C=O) groups is 2. The highest BCUT2D eigenvalue weighted by atomic mass is 35.5. The number of ether oxygens (including phenoxy) is 1. The Bertz CT molecular complexity index is 1050. The monoisotopic (exact) mass is 410 g/mol. The van der Waals surface area contributed by atoms with E-state index in [1.54, 1.807) is 36.4 Å². The molecular weight excluding hydrogens is 396 g/mol. The predicted molar refractivity (Wildman–Crippen MR) is 109 cm³/mol. The maximum atomic E-state index is 12.7. The van der Waals surface area contributed by atoms with Crippen LogP contribution < -0.4 is 10.1 Å². The van der Waals surface area contributed by atoms with Gasteiger partial charge < -0.3 is 10.1 Å². The maximum Gasteiger partial charge on any atom is 0.269 e. The van der Waals surface area contributed by atoms with Crippen LogP contribution in [0.2, 0.25) is 5.02 Å². The van der Waals surface area contributed by atoms with Crippen LogP contribution in [0.25, 0.3) is 0 Å². The molecule has 1 amide bonds. The lowest BCUT2D eigenvalue weighted by molar-refractivity contribution is -0.384. The summed E-state index contributed by atoms with van der Waals surface area (Å²) in [5.74, 6) is -0.534. The number of carbonyl (C=O) groups excluding carboxylic acids is 2. The highest BCUT2D eigenvalue weighted by Gasteiger charge is 2.16. The van der Waals surface area contributed by atoms with E-state index in [4.69, 9.17) is 16.3 Å². The van der Waals surface area contributed by atoms with Gasteiger partial charge in [0.2, 0.25) is 0 Å². The van der Waals surface area contributed by atoms with Crippen LogP contribution in [0.5, 0.6) is 5.75 Å². The molecule has 1 N–H and O–H groups in total. The molecular formula is C21H15ClN2O5. The smallest absolute Gasteiger partial charge is 0.269 e. The number of non-ortho nitro benzene ring substituents is 1. The molecule has 0 bridgehead atoms. The van der Waals surface area contributed by atoms with Crippen molar-refractivity contribution < 1.29 is 19.2 Å². The van der Waals surface area contributed by atoms with Crippen molar-refractivity contribution in [3.05, 3.63) is 99.1 Å². The van der Waals surface area contributed by atoms with Crippen molar-refractivity contribution in [2.45, 2.75) is 0 Å². The minimum Gasteiger partial charge on any atom is -0.483 e. The van der Waals surface area contributed by atoms with Gasteiger partial charge in [0, 0.05) is 28.4 Å². The van der Waals surface area contributed by atoms with Crippen LogP contribution in [-0.4, -0.2) is 23.2 Å². The lowest BCUT2D eigenvalue weighted by Gasteiger charge is -2.12. The Kier molecular flexibility index (Phi) is 6.21. The second-order valence-corrected chi connectivity index (χ2v) is 6.41. The summed E-state index contributed by atoms with van der Waals surface area (Å²) >= 11 is 6.02. The van der Waals surface area contributed by atoms with Crippen molar-refractivity contribution >= 4 is 34.7 Å². The van der Waals surface area contributed by atoms with Crippen molar-refractivity contribution in [3.8, 4) is 5.75 Å². The minimum absolute atomic E-state index is 0.0792. The molecule has 0 aliphatic rings. The topological polar surface area (TPSA) is 98.5 Å². The Morgan fingerprint density at radius 3 is 2.34 bits per heavy atom. The van der Waals surface area contributed by atoms with Crippen molar-refractivity contribution in [2.75, 3.05) is 11.9 Å². The third-order valence-corrected chi connectivity index (χ3v) is 4.18. The van der Waals surface area contributed by atoms with E-state index in [2.05, 4.69) is 5.32 Å². The van der Waals surface area contributed by atoms with Crippen LogP contribution in [-0.2, 0) is 4.79 Å². The van der Waals surface area contributed by atoms with Gasteiger partial charge in [-0.3, -0.25) is 19.7 Å². The third-order valence-electron chi connectivity index (χ3n) is 3.94. The molecule has 7 nitrogen and oxygen atoms in total. The Balaban J connectivity index is 1.69. The quantitative estimate of drug-likeness (QED) is 0.351. The lowest BCUT2D eigenvalue weighted by atomic mass is 10.0. The van der Waals surface area contributed by atoms with Gasteiger partial charge in [0.05, 0.1) is 10.5 Å². The molecule has 0 saturated carbocycles. The zero-order valence-corrected chi connectivity index (χ0v) is 15.8. The highest BCUT2D eigenvalue weighted by Crippen LogP contribution is 2.26. The van der Waals surface area contributed by atoms with E-state index in [1.165, 1.54) is 36.4 Å². The van der Waals surface area contributed by atoms with Gasteiger partial charge in [-0.25, -0.2) is 0 Å². The average Bonchev–Trinajstić information content (AvgIpc) is 2.73. The summed E-state index contributed by atoms with van der Waals surface area (Å²) in [5.41, 5.74) is 1.02. The largest absolute Gasteiger partial charge is 0.483 e. The second kappa shape index (κ2) is 8.99. The van der Waals surface area contributed by atoms with Crippen LogP contribution in [0, 0.1) is 10.1 Å². The molecule has 0 aromatic heterocycles. The first kappa shape index (κ1) is 20.0. The van der Waals surface area contributed by atoms with Crippen molar-refractivity contribution in [2.24, 2.45) is 0 Å². The number of rotatable bonds is 7. The normalized spacial score (nSPS) is 10.2. The molecule has 8 heteroatoms. The van der Waals surface area contributed by atoms with Crippen LogP contribution >= 0.6 is 11.6 Å². The average molecular weight is 411 g/mol. The zero-order chi connectivity index (χ0) is 20.8. The molecule has 29 heavy (non-hydrogen) atoms. The first-order valence-corrected chi connectivity index (χ1v) is 8.88. The fraction of sp³-hybridized carbons (Fsp3) is 0.0476. The Morgan fingerprint density at radius 1 is 1.00 bits per heavy atom. The zero-order valence-electron chi connectivity index (χ0n) is 15.0. The van der Waals surface area contributed by atoms with Gasteiger partial charge in [0.25, 0.3) is 11.6 Å². The van der Waals surface area contributed by atoms with Gasteiger partial charge in [0.1, 0.15) is 5.75 Å². The van der Waals surface area contributed by atoms with Gasteiger partial charge in [-0.15, -0.1) is 0 Å². The molecule has 0 unspecified atom stereocenters. The summed E-state index contributed by atoms with van der Waals surface area (Å²) in [6.07, 6.45) is 0. The summed E-state index contributed by atoms with van der Waals surface area (Å²) < 4.78 is 5.53. The number of anilines is 1. The number of nitro benzene ring substituents is 1. The molecule has 146 valence electrons. The standard InChI is InChI=1S/C21H15ClN2O5/c22-15-6-11-19(18(12-15)21(26)14-4-2-1-3-5-14)29-13-20(25)23-16-7-9-17(10-8-16)24(27)28/h1-12H,13H2,(H,23,25). The van der Waals surface area contributed by atoms with Gasteiger partial charge in [0.15, 0.2) is 12.4 Å². The van der Waals surface area contributed by atoms with E-state index in [9.17, 15) is 19.7 Å². The summed E-state index contributed by atoms with van der Waals surface area (Å²) in [5, 5.41) is 13.6. The first-order valence-electron chi connectivity index (χ1n) is 8.50. The second-order valence-electron chi connectivity index (χ2n) is 5.98. The van der Waals surface area contributed by atoms with Gasteiger partial charge in [-0.1, -0.05) is 41.9 Å². The van der Waals surface area contributed by atoms with E-state index in [-0.39, 0.29) is 29.4 Å². The minimum atomic E-state index is -0.527. The summed E-state index contributed by atoms with van der Waals surface area (Å²) in [6.45, 7) is -0.353. The molecule has 3 aromatic rings. The van der Waals surface area contributed by atoms with E-state index >= 15 is 0 Å². The number of halogens is 1. The predicted octanol–water partition coefficient (Wildman–Crippen LogP) is 4.50. The van der Waals surface area contributed by atoms with E-state index in [0.29, 0.717) is 16.3 Å². The van der Waals surface area contributed by atoms with Crippen LogP contribution in [0.15, 0.2) is 72.8 Å². The maximum absolute atomic E-state index is 12.7. The molecule has 0 spiro atoms. The third kappa shape index (κ3) is 5.18.